The molecule has 2 atom stereocenters. The van der Waals surface area contributed by atoms with Crippen LogP contribution in [0.15, 0.2) is 0 Å². The molecule has 0 saturated carbocycles. The Kier molecular flexibility index (Phi) is 17.3. The monoisotopic (exact) mass is 361 g/mol. The van der Waals surface area contributed by atoms with Gasteiger partial charge < -0.3 is 19.5 Å². The average molecular weight is 361 g/mol. The fourth-order valence-corrected chi connectivity index (χ4v) is 2.84. The Hall–Kier alpha value is 0.347. The van der Waals surface area contributed by atoms with E-state index in [1.54, 1.807) is 4.90 Å². The van der Waals surface area contributed by atoms with E-state index in [-0.39, 0.29) is 51.3 Å². The van der Waals surface area contributed by atoms with Crippen LogP contribution in [0.5, 0.6) is 0 Å². The van der Waals surface area contributed by atoms with E-state index >= 15 is 0 Å². The van der Waals surface area contributed by atoms with Crippen molar-refractivity contribution in [1.29, 1.82) is 0 Å². The molecule has 0 aliphatic rings. The molecule has 2 N–H and O–H groups in total. The second kappa shape index (κ2) is 15.6. The molecule has 0 aromatic carbocycles. The molecule has 0 amide bonds. The molecule has 0 aliphatic heterocycles. The fraction of sp³-hybridized carbons (Fsp3) is 1.00. The van der Waals surface area contributed by atoms with Gasteiger partial charge in [0.05, 0.1) is 41.7 Å². The molecular weight excluding hydrogens is 329 g/mol. The Morgan fingerprint density at radius 2 is 1.67 bits per heavy atom. The van der Waals surface area contributed by atoms with E-state index in [9.17, 15) is 23.2 Å². The minimum atomic E-state index is -4.35. The van der Waals surface area contributed by atoms with Crippen LogP contribution in [0, 0.1) is 0 Å². The summed E-state index contributed by atoms with van der Waals surface area (Å²) < 4.78 is 38.3. The second-order valence-corrected chi connectivity index (χ2v) is 7.27. The maximum atomic E-state index is 10.9. The number of nitrogens with zero attached hydrogens (tertiary/aromatic N) is 1. The molecule has 0 aliphatic carbocycles. The molecule has 24 heavy (non-hydrogen) atoms. The van der Waals surface area contributed by atoms with Crippen molar-refractivity contribution in [3.63, 3.8) is 0 Å². The quantitative estimate of drug-likeness (QED) is 0.190. The number of aliphatic hydroxyl groups excluding tert-OH is 2. The molecule has 0 fully saturated rings. The largest absolute Gasteiger partial charge is 1.00 e. The van der Waals surface area contributed by atoms with E-state index in [0.29, 0.717) is 13.0 Å². The van der Waals surface area contributed by atoms with E-state index < -0.39 is 21.9 Å². The van der Waals surface area contributed by atoms with Crippen LogP contribution in [-0.2, 0) is 14.9 Å². The number of ether oxygens (including phenoxy) is 1. The Bertz CT molecular complexity index is 382. The molecule has 140 valence electrons. The zero-order valence-corrected chi connectivity index (χ0v) is 16.1. The van der Waals surface area contributed by atoms with E-state index in [2.05, 4.69) is 0 Å². The fourth-order valence-electron chi connectivity index (χ4n) is 2.40. The summed E-state index contributed by atoms with van der Waals surface area (Å²) >= 11 is 0. The van der Waals surface area contributed by atoms with Crippen LogP contribution in [0.4, 0.5) is 0 Å². The summed E-state index contributed by atoms with van der Waals surface area (Å²) in [5.41, 5.74) is 0. The Morgan fingerprint density at radius 3 is 2.12 bits per heavy atom. The molecule has 0 spiro atoms. The number of aliphatic hydroxyl groups is 2. The number of hydrogen-bond acceptors (Lipinski definition) is 7. The summed E-state index contributed by atoms with van der Waals surface area (Å²) in [7, 11) is -4.35. The first kappa shape index (κ1) is 26.6. The van der Waals surface area contributed by atoms with Gasteiger partial charge in [-0.3, -0.25) is 4.90 Å². The van der Waals surface area contributed by atoms with Crippen LogP contribution in [0.25, 0.3) is 0 Å². The second-order valence-electron chi connectivity index (χ2n) is 5.74. The Balaban J connectivity index is 0. The van der Waals surface area contributed by atoms with Crippen molar-refractivity contribution in [1.82, 2.24) is 4.90 Å². The SMILES string of the molecule is CCCCOCC(CO)N(CCS(=O)(=O)[O-])C(CO)CCCC.[Li+]. The normalized spacial score (nSPS) is 14.4. The van der Waals surface area contributed by atoms with Crippen molar-refractivity contribution in [2.45, 2.75) is 58.0 Å². The Morgan fingerprint density at radius 1 is 1.08 bits per heavy atom. The average Bonchev–Trinajstić information content (AvgIpc) is 2.50. The summed E-state index contributed by atoms with van der Waals surface area (Å²) in [5.74, 6) is -0.541. The van der Waals surface area contributed by atoms with Gasteiger partial charge in [0.1, 0.15) is 0 Å². The van der Waals surface area contributed by atoms with Crippen molar-refractivity contribution in [3.05, 3.63) is 0 Å². The van der Waals surface area contributed by atoms with Gasteiger partial charge in [-0.05, 0) is 12.8 Å². The van der Waals surface area contributed by atoms with Gasteiger partial charge in [0.2, 0.25) is 0 Å². The first-order valence-corrected chi connectivity index (χ1v) is 9.96. The first-order valence-electron chi connectivity index (χ1n) is 8.38. The van der Waals surface area contributed by atoms with E-state index in [1.807, 2.05) is 13.8 Å². The molecule has 2 unspecified atom stereocenters. The summed E-state index contributed by atoms with van der Waals surface area (Å²) in [4.78, 5) is 1.71. The van der Waals surface area contributed by atoms with Gasteiger partial charge in [-0.2, -0.15) is 0 Å². The standard InChI is InChI=1S/C15H33NO6S.Li/c1-3-5-7-14(11-17)16(8-10-23(19,20)21)15(12-18)13-22-9-6-4-2;/h14-15,17-18H,3-13H2,1-2H3,(H,19,20,21);/q;+1/p-1. The van der Waals surface area contributed by atoms with Gasteiger partial charge in [-0.25, -0.2) is 8.42 Å². The molecule has 7 nitrogen and oxygen atoms in total. The summed E-state index contributed by atoms with van der Waals surface area (Å²) in [6, 6.07) is -0.716. The third-order valence-electron chi connectivity index (χ3n) is 3.80. The van der Waals surface area contributed by atoms with Crippen LogP contribution < -0.4 is 18.9 Å². The van der Waals surface area contributed by atoms with Gasteiger partial charge in [0.15, 0.2) is 0 Å². The van der Waals surface area contributed by atoms with Crippen molar-refractivity contribution in [3.8, 4) is 0 Å². The zero-order valence-electron chi connectivity index (χ0n) is 15.3. The minimum absolute atomic E-state index is 0. The molecular formula is C15H32LiNO6S. The van der Waals surface area contributed by atoms with E-state index in [0.717, 1.165) is 25.7 Å². The first-order chi connectivity index (χ1) is 10.9. The van der Waals surface area contributed by atoms with Gasteiger partial charge in [0, 0.05) is 19.2 Å². The zero-order chi connectivity index (χ0) is 17.7. The molecule has 0 bridgehead atoms. The van der Waals surface area contributed by atoms with Crippen molar-refractivity contribution in [2.75, 3.05) is 38.7 Å². The molecule has 0 aromatic rings. The van der Waals surface area contributed by atoms with Crippen LogP contribution in [0.1, 0.15) is 46.0 Å². The van der Waals surface area contributed by atoms with Crippen LogP contribution in [-0.4, -0.2) is 78.9 Å². The van der Waals surface area contributed by atoms with Crippen molar-refractivity contribution in [2.24, 2.45) is 0 Å². The minimum Gasteiger partial charge on any atom is -0.748 e. The third kappa shape index (κ3) is 12.7. The van der Waals surface area contributed by atoms with Crippen LogP contribution in [0.3, 0.4) is 0 Å². The van der Waals surface area contributed by atoms with Crippen molar-refractivity contribution < 1.29 is 46.8 Å². The van der Waals surface area contributed by atoms with Gasteiger partial charge >= 0.3 is 18.9 Å². The molecule has 0 saturated heterocycles. The molecule has 0 aromatic heterocycles. The molecule has 0 rings (SSSR count). The van der Waals surface area contributed by atoms with Gasteiger partial charge in [0.25, 0.3) is 0 Å². The van der Waals surface area contributed by atoms with Gasteiger partial charge in [-0.1, -0.05) is 33.1 Å². The maximum absolute atomic E-state index is 10.9. The predicted molar refractivity (Wildman–Crippen MR) is 88.3 cm³/mol. The number of rotatable bonds is 15. The van der Waals surface area contributed by atoms with Gasteiger partial charge in [-0.15, -0.1) is 0 Å². The Labute approximate surface area is 158 Å². The smallest absolute Gasteiger partial charge is 0.748 e. The topological polar surface area (TPSA) is 110 Å². The summed E-state index contributed by atoms with van der Waals surface area (Å²) in [6.07, 6.45) is 4.41. The van der Waals surface area contributed by atoms with Crippen LogP contribution >= 0.6 is 0 Å². The van der Waals surface area contributed by atoms with Crippen LogP contribution in [0.2, 0.25) is 0 Å². The van der Waals surface area contributed by atoms with Crippen molar-refractivity contribution >= 4 is 10.1 Å². The predicted octanol–water partition coefficient (Wildman–Crippen LogP) is -2.43. The molecule has 9 heteroatoms. The number of hydrogen-bond donors (Lipinski definition) is 2. The molecule has 0 radical (unpaired) electrons. The van der Waals surface area contributed by atoms with E-state index in [4.69, 9.17) is 4.74 Å². The molecule has 0 heterocycles. The number of unbranched alkanes of at least 4 members (excludes halogenated alkanes) is 2. The third-order valence-corrected chi connectivity index (χ3v) is 4.48. The summed E-state index contributed by atoms with van der Waals surface area (Å²) in [6.45, 7) is 4.52. The summed E-state index contributed by atoms with van der Waals surface area (Å²) in [5, 5.41) is 19.2. The maximum Gasteiger partial charge on any atom is 1.00 e. The van der Waals surface area contributed by atoms with E-state index in [1.165, 1.54) is 0 Å².